The van der Waals surface area contributed by atoms with E-state index >= 15 is 0 Å². The first-order chi connectivity index (χ1) is 8.87. The molecule has 2 aliphatic rings. The monoisotopic (exact) mass is 268 g/mol. The summed E-state index contributed by atoms with van der Waals surface area (Å²) in [5, 5.41) is 2.76. The number of carbonyl (C=O) groups is 2. The number of hydrogen-bond acceptors (Lipinski definition) is 3. The molecular weight excluding hydrogens is 244 g/mol. The van der Waals surface area contributed by atoms with Crippen LogP contribution in [0.2, 0.25) is 0 Å². The van der Waals surface area contributed by atoms with Gasteiger partial charge in [0, 0.05) is 13.1 Å². The van der Waals surface area contributed by atoms with E-state index in [1.807, 2.05) is 25.7 Å². The molecule has 1 N–H and O–H groups in total. The number of carbonyl (C=O) groups excluding carboxylic acids is 2. The number of hydrogen-bond donors (Lipinski definition) is 1. The van der Waals surface area contributed by atoms with Gasteiger partial charge in [0.05, 0.1) is 0 Å². The van der Waals surface area contributed by atoms with Crippen LogP contribution in [-0.4, -0.2) is 41.6 Å². The number of rotatable bonds is 3. The van der Waals surface area contributed by atoms with Gasteiger partial charge in [0.15, 0.2) is 0 Å². The molecular formula is C14H24N2O3. The van der Waals surface area contributed by atoms with Crippen LogP contribution < -0.4 is 5.32 Å². The third-order valence-electron chi connectivity index (χ3n) is 3.45. The number of alkyl carbamates (subject to hydrolysis) is 1. The molecule has 0 spiro atoms. The molecule has 0 aromatic carbocycles. The van der Waals surface area contributed by atoms with Crippen molar-refractivity contribution >= 4 is 12.0 Å². The van der Waals surface area contributed by atoms with Crippen molar-refractivity contribution < 1.29 is 14.3 Å². The standard InChI is InChI=1S/C14H24N2O3/c1-14(2,3)19-13(18)15-11(10-6-7-10)12(17)16-8-4-5-9-16/h10-11H,4-9H2,1-3H3,(H,15,18). The minimum Gasteiger partial charge on any atom is -0.444 e. The summed E-state index contributed by atoms with van der Waals surface area (Å²) in [4.78, 5) is 26.1. The highest BCUT2D eigenvalue weighted by Crippen LogP contribution is 2.34. The zero-order valence-corrected chi connectivity index (χ0v) is 12.1. The zero-order valence-electron chi connectivity index (χ0n) is 12.1. The van der Waals surface area contributed by atoms with Gasteiger partial charge in [-0.05, 0) is 52.4 Å². The predicted molar refractivity (Wildman–Crippen MR) is 71.7 cm³/mol. The molecule has 108 valence electrons. The fourth-order valence-electron chi connectivity index (χ4n) is 2.38. The maximum Gasteiger partial charge on any atom is 0.408 e. The van der Waals surface area contributed by atoms with E-state index in [9.17, 15) is 9.59 Å². The Morgan fingerprint density at radius 3 is 2.26 bits per heavy atom. The highest BCUT2D eigenvalue weighted by Gasteiger charge is 2.40. The summed E-state index contributed by atoms with van der Waals surface area (Å²) in [6, 6.07) is -0.395. The smallest absolute Gasteiger partial charge is 0.408 e. The van der Waals surface area contributed by atoms with Gasteiger partial charge in [-0.3, -0.25) is 4.79 Å². The molecule has 1 unspecified atom stereocenters. The number of nitrogens with one attached hydrogen (secondary N) is 1. The van der Waals surface area contributed by atoms with E-state index in [0.717, 1.165) is 38.8 Å². The number of amides is 2. The lowest BCUT2D eigenvalue weighted by molar-refractivity contribution is -0.132. The molecule has 1 atom stereocenters. The van der Waals surface area contributed by atoms with E-state index in [4.69, 9.17) is 4.74 Å². The zero-order chi connectivity index (χ0) is 14.0. The van der Waals surface area contributed by atoms with Crippen molar-refractivity contribution in [2.24, 2.45) is 5.92 Å². The first kappa shape index (κ1) is 14.2. The summed E-state index contributed by atoms with van der Waals surface area (Å²) in [6.07, 6.45) is 3.67. The van der Waals surface area contributed by atoms with E-state index in [1.54, 1.807) is 0 Å². The second-order valence-corrected chi connectivity index (χ2v) is 6.49. The van der Waals surface area contributed by atoms with Crippen LogP contribution in [0.25, 0.3) is 0 Å². The second-order valence-electron chi connectivity index (χ2n) is 6.49. The normalized spacial score (nSPS) is 21.1. The van der Waals surface area contributed by atoms with Crippen LogP contribution in [0.15, 0.2) is 0 Å². The van der Waals surface area contributed by atoms with Crippen molar-refractivity contribution in [3.05, 3.63) is 0 Å². The molecule has 1 heterocycles. The summed E-state index contributed by atoms with van der Waals surface area (Å²) < 4.78 is 5.24. The van der Waals surface area contributed by atoms with Gasteiger partial charge in [-0.2, -0.15) is 0 Å². The lowest BCUT2D eigenvalue weighted by Gasteiger charge is -2.26. The Hall–Kier alpha value is -1.26. The molecule has 0 radical (unpaired) electrons. The minimum atomic E-state index is -0.533. The summed E-state index contributed by atoms with van der Waals surface area (Å²) in [5.74, 6) is 0.353. The van der Waals surface area contributed by atoms with Crippen LogP contribution >= 0.6 is 0 Å². The molecule has 5 heteroatoms. The molecule has 1 saturated carbocycles. The van der Waals surface area contributed by atoms with Crippen LogP contribution in [-0.2, 0) is 9.53 Å². The van der Waals surface area contributed by atoms with Crippen LogP contribution in [0.5, 0.6) is 0 Å². The number of ether oxygens (including phenoxy) is 1. The Labute approximate surface area is 114 Å². The maximum absolute atomic E-state index is 12.4. The molecule has 1 aliphatic heterocycles. The van der Waals surface area contributed by atoms with E-state index < -0.39 is 17.7 Å². The van der Waals surface area contributed by atoms with Crippen LogP contribution in [0.3, 0.4) is 0 Å². The van der Waals surface area contributed by atoms with Gasteiger partial charge < -0.3 is 15.0 Å². The van der Waals surface area contributed by atoms with Crippen molar-refractivity contribution in [2.75, 3.05) is 13.1 Å². The van der Waals surface area contributed by atoms with Gasteiger partial charge in [0.1, 0.15) is 11.6 Å². The number of nitrogens with zero attached hydrogens (tertiary/aromatic N) is 1. The molecule has 0 bridgehead atoms. The Bertz CT molecular complexity index is 352. The van der Waals surface area contributed by atoms with Gasteiger partial charge in [-0.1, -0.05) is 0 Å². The molecule has 0 aromatic heterocycles. The molecule has 2 rings (SSSR count). The molecule has 2 fully saturated rings. The Morgan fingerprint density at radius 2 is 1.79 bits per heavy atom. The van der Waals surface area contributed by atoms with Crippen molar-refractivity contribution in [2.45, 2.75) is 58.1 Å². The fraction of sp³-hybridized carbons (Fsp3) is 0.857. The van der Waals surface area contributed by atoms with Crippen molar-refractivity contribution in [3.63, 3.8) is 0 Å². The molecule has 19 heavy (non-hydrogen) atoms. The van der Waals surface area contributed by atoms with Gasteiger partial charge in [-0.25, -0.2) is 4.79 Å². The van der Waals surface area contributed by atoms with E-state index in [2.05, 4.69) is 5.32 Å². The molecule has 2 amide bonds. The Kier molecular flexibility index (Phi) is 4.02. The highest BCUT2D eigenvalue weighted by molar-refractivity contribution is 5.86. The predicted octanol–water partition coefficient (Wildman–Crippen LogP) is 1.91. The summed E-state index contributed by atoms with van der Waals surface area (Å²) in [7, 11) is 0. The number of likely N-dealkylation sites (tertiary alicyclic amines) is 1. The van der Waals surface area contributed by atoms with Gasteiger partial charge in [-0.15, -0.1) is 0 Å². The SMILES string of the molecule is CC(C)(C)OC(=O)NC(C(=O)N1CCCC1)C1CC1. The minimum absolute atomic E-state index is 0.0610. The van der Waals surface area contributed by atoms with Crippen LogP contribution in [0, 0.1) is 5.92 Å². The van der Waals surface area contributed by atoms with E-state index in [1.165, 1.54) is 0 Å². The molecule has 0 aromatic rings. The summed E-state index contributed by atoms with van der Waals surface area (Å²) in [6.45, 7) is 7.10. The topological polar surface area (TPSA) is 58.6 Å². The fourth-order valence-corrected chi connectivity index (χ4v) is 2.38. The van der Waals surface area contributed by atoms with Crippen molar-refractivity contribution in [1.29, 1.82) is 0 Å². The van der Waals surface area contributed by atoms with Gasteiger partial charge in [0.25, 0.3) is 0 Å². The second kappa shape index (κ2) is 5.39. The maximum atomic E-state index is 12.4. The lowest BCUT2D eigenvalue weighted by Crippen LogP contribution is -2.50. The average Bonchev–Trinajstić information content (AvgIpc) is 2.97. The first-order valence-electron chi connectivity index (χ1n) is 7.15. The largest absolute Gasteiger partial charge is 0.444 e. The first-order valence-corrected chi connectivity index (χ1v) is 7.15. The molecule has 1 aliphatic carbocycles. The van der Waals surface area contributed by atoms with E-state index in [0.29, 0.717) is 5.92 Å². The Balaban J connectivity index is 1.92. The summed E-state index contributed by atoms with van der Waals surface area (Å²) in [5.41, 5.74) is -0.533. The third-order valence-corrected chi connectivity index (χ3v) is 3.45. The quantitative estimate of drug-likeness (QED) is 0.850. The Morgan fingerprint density at radius 1 is 1.21 bits per heavy atom. The van der Waals surface area contributed by atoms with Crippen molar-refractivity contribution in [1.82, 2.24) is 10.2 Å². The van der Waals surface area contributed by atoms with Gasteiger partial charge >= 0.3 is 6.09 Å². The molecule has 1 saturated heterocycles. The van der Waals surface area contributed by atoms with Crippen LogP contribution in [0.1, 0.15) is 46.5 Å². The average molecular weight is 268 g/mol. The van der Waals surface area contributed by atoms with Crippen molar-refractivity contribution in [3.8, 4) is 0 Å². The third kappa shape index (κ3) is 4.11. The lowest BCUT2D eigenvalue weighted by atomic mass is 10.1. The summed E-state index contributed by atoms with van der Waals surface area (Å²) >= 11 is 0. The van der Waals surface area contributed by atoms with E-state index in [-0.39, 0.29) is 5.91 Å². The van der Waals surface area contributed by atoms with Crippen LogP contribution in [0.4, 0.5) is 4.79 Å². The highest BCUT2D eigenvalue weighted by atomic mass is 16.6. The molecule has 5 nitrogen and oxygen atoms in total. The van der Waals surface area contributed by atoms with Gasteiger partial charge in [0.2, 0.25) is 5.91 Å².